The summed E-state index contributed by atoms with van der Waals surface area (Å²) in [7, 11) is 0. The Labute approximate surface area is 125 Å². The molecule has 0 heterocycles. The van der Waals surface area contributed by atoms with Crippen molar-refractivity contribution in [2.75, 3.05) is 0 Å². The zero-order valence-corrected chi connectivity index (χ0v) is 11.9. The van der Waals surface area contributed by atoms with E-state index >= 15 is 0 Å². The van der Waals surface area contributed by atoms with E-state index in [1.807, 2.05) is 18.2 Å². The monoisotopic (exact) mass is 274 g/mol. The van der Waals surface area contributed by atoms with Crippen LogP contribution in [-0.4, -0.2) is 5.11 Å². The fourth-order valence-electron chi connectivity index (χ4n) is 2.44. The molecule has 0 aliphatic carbocycles. The topological polar surface area (TPSA) is 20.2 Å². The van der Waals surface area contributed by atoms with Crippen molar-refractivity contribution in [2.24, 2.45) is 0 Å². The van der Waals surface area contributed by atoms with E-state index in [0.29, 0.717) is 0 Å². The van der Waals surface area contributed by atoms with Crippen LogP contribution in [0.2, 0.25) is 0 Å². The van der Waals surface area contributed by atoms with Gasteiger partial charge in [-0.1, -0.05) is 78.9 Å². The molecule has 0 bridgehead atoms. The van der Waals surface area contributed by atoms with Gasteiger partial charge >= 0.3 is 0 Å². The van der Waals surface area contributed by atoms with Gasteiger partial charge in [0.25, 0.3) is 0 Å². The molecule has 3 rings (SSSR count). The number of hydrogen-bond donors (Lipinski definition) is 1. The summed E-state index contributed by atoms with van der Waals surface area (Å²) in [4.78, 5) is 0. The number of benzene rings is 3. The van der Waals surface area contributed by atoms with E-state index in [0.717, 1.165) is 12.0 Å². The fraction of sp³-hybridized carbons (Fsp3) is 0.100. The number of aliphatic hydroxyl groups excluding tert-OH is 1. The second-order valence-electron chi connectivity index (χ2n) is 5.21. The number of rotatable bonds is 4. The molecule has 0 unspecified atom stereocenters. The van der Waals surface area contributed by atoms with E-state index in [9.17, 15) is 0 Å². The first-order valence-corrected chi connectivity index (χ1v) is 7.18. The van der Waals surface area contributed by atoms with Crippen molar-refractivity contribution in [1.29, 1.82) is 0 Å². The minimum atomic E-state index is 0.103. The maximum absolute atomic E-state index is 9.06. The summed E-state index contributed by atoms with van der Waals surface area (Å²) in [5, 5.41) is 9.06. The predicted molar refractivity (Wildman–Crippen MR) is 87.0 cm³/mol. The molecule has 3 aromatic carbocycles. The Kier molecular flexibility index (Phi) is 4.13. The summed E-state index contributed by atoms with van der Waals surface area (Å²) in [6.45, 7) is 0.103. The first-order chi connectivity index (χ1) is 10.3. The average molecular weight is 274 g/mol. The third-order valence-corrected chi connectivity index (χ3v) is 3.67. The largest absolute Gasteiger partial charge is 0.392 e. The Bertz CT molecular complexity index is 682. The average Bonchev–Trinajstić information content (AvgIpc) is 2.57. The van der Waals surface area contributed by atoms with Gasteiger partial charge in [0.2, 0.25) is 0 Å². The highest BCUT2D eigenvalue weighted by Crippen LogP contribution is 2.20. The lowest BCUT2D eigenvalue weighted by molar-refractivity contribution is 0.282. The van der Waals surface area contributed by atoms with E-state index in [4.69, 9.17) is 5.11 Å². The number of aliphatic hydroxyl groups is 1. The standard InChI is InChI=1S/C20H18O/c21-15-18-8-6-16(7-9-18)14-17-10-12-20(13-11-17)19-4-2-1-3-5-19/h1-13,21H,14-15H2. The summed E-state index contributed by atoms with van der Waals surface area (Å²) in [5.41, 5.74) is 6.01. The Balaban J connectivity index is 1.75. The molecule has 1 heteroatoms. The first-order valence-electron chi connectivity index (χ1n) is 7.18. The van der Waals surface area contributed by atoms with Crippen LogP contribution in [0.5, 0.6) is 0 Å². The van der Waals surface area contributed by atoms with Crippen LogP contribution in [0.1, 0.15) is 16.7 Å². The smallest absolute Gasteiger partial charge is 0.0681 e. The summed E-state index contributed by atoms with van der Waals surface area (Å²) in [6, 6.07) is 27.2. The lowest BCUT2D eigenvalue weighted by Crippen LogP contribution is -1.90. The van der Waals surface area contributed by atoms with Gasteiger partial charge in [-0.05, 0) is 34.2 Å². The first kappa shape index (κ1) is 13.6. The molecule has 0 saturated heterocycles. The maximum atomic E-state index is 9.06. The summed E-state index contributed by atoms with van der Waals surface area (Å²) < 4.78 is 0. The summed E-state index contributed by atoms with van der Waals surface area (Å²) >= 11 is 0. The molecular weight excluding hydrogens is 256 g/mol. The molecule has 0 aliphatic heterocycles. The predicted octanol–water partition coefficient (Wildman–Crippen LogP) is 4.44. The quantitative estimate of drug-likeness (QED) is 0.746. The molecular formula is C20H18O. The molecule has 1 N–H and O–H groups in total. The van der Waals surface area contributed by atoms with Crippen LogP contribution in [0.15, 0.2) is 78.9 Å². The molecule has 104 valence electrons. The van der Waals surface area contributed by atoms with Crippen LogP contribution in [0, 0.1) is 0 Å². The molecule has 0 spiro atoms. The van der Waals surface area contributed by atoms with Crippen LogP contribution in [-0.2, 0) is 13.0 Å². The van der Waals surface area contributed by atoms with Gasteiger partial charge in [0.05, 0.1) is 6.61 Å². The summed E-state index contributed by atoms with van der Waals surface area (Å²) in [5.74, 6) is 0. The molecule has 1 nitrogen and oxygen atoms in total. The Morgan fingerprint density at radius 1 is 0.524 bits per heavy atom. The van der Waals surface area contributed by atoms with Crippen LogP contribution >= 0.6 is 0 Å². The van der Waals surface area contributed by atoms with E-state index in [-0.39, 0.29) is 6.61 Å². The number of hydrogen-bond acceptors (Lipinski definition) is 1. The molecule has 3 aromatic rings. The zero-order valence-electron chi connectivity index (χ0n) is 11.9. The van der Waals surface area contributed by atoms with Gasteiger partial charge in [0, 0.05) is 0 Å². The van der Waals surface area contributed by atoms with Crippen LogP contribution in [0.4, 0.5) is 0 Å². The van der Waals surface area contributed by atoms with Gasteiger partial charge in [-0.25, -0.2) is 0 Å². The molecule has 0 fully saturated rings. The van der Waals surface area contributed by atoms with Gasteiger partial charge in [-0.15, -0.1) is 0 Å². The fourth-order valence-corrected chi connectivity index (χ4v) is 2.44. The highest BCUT2D eigenvalue weighted by atomic mass is 16.3. The third-order valence-electron chi connectivity index (χ3n) is 3.67. The van der Waals surface area contributed by atoms with Crippen molar-refractivity contribution in [2.45, 2.75) is 13.0 Å². The maximum Gasteiger partial charge on any atom is 0.0681 e. The van der Waals surface area contributed by atoms with Gasteiger partial charge in [0.15, 0.2) is 0 Å². The Morgan fingerprint density at radius 3 is 1.57 bits per heavy atom. The molecule has 0 aromatic heterocycles. The van der Waals surface area contributed by atoms with Gasteiger partial charge in [0.1, 0.15) is 0 Å². The van der Waals surface area contributed by atoms with Crippen molar-refractivity contribution in [1.82, 2.24) is 0 Å². The van der Waals surface area contributed by atoms with Crippen molar-refractivity contribution in [3.8, 4) is 11.1 Å². The molecule has 0 aliphatic rings. The second-order valence-corrected chi connectivity index (χ2v) is 5.21. The van der Waals surface area contributed by atoms with E-state index < -0.39 is 0 Å². The highest BCUT2D eigenvalue weighted by molar-refractivity contribution is 5.63. The molecule has 0 saturated carbocycles. The van der Waals surface area contributed by atoms with Crippen molar-refractivity contribution in [3.63, 3.8) is 0 Å². The molecule has 0 amide bonds. The van der Waals surface area contributed by atoms with Crippen molar-refractivity contribution in [3.05, 3.63) is 95.6 Å². The Hall–Kier alpha value is -2.38. The SMILES string of the molecule is OCc1ccc(Cc2ccc(-c3ccccc3)cc2)cc1. The zero-order chi connectivity index (χ0) is 14.5. The third kappa shape index (κ3) is 3.39. The Morgan fingerprint density at radius 2 is 1.00 bits per heavy atom. The van der Waals surface area contributed by atoms with Gasteiger partial charge < -0.3 is 5.11 Å². The highest BCUT2D eigenvalue weighted by Gasteiger charge is 1.99. The normalized spacial score (nSPS) is 10.5. The van der Waals surface area contributed by atoms with Gasteiger partial charge in [-0.2, -0.15) is 0 Å². The second kappa shape index (κ2) is 6.38. The van der Waals surface area contributed by atoms with Crippen LogP contribution in [0.3, 0.4) is 0 Å². The minimum Gasteiger partial charge on any atom is -0.392 e. The van der Waals surface area contributed by atoms with Gasteiger partial charge in [-0.3, -0.25) is 0 Å². The van der Waals surface area contributed by atoms with E-state index in [1.54, 1.807) is 0 Å². The minimum absolute atomic E-state index is 0.103. The van der Waals surface area contributed by atoms with Crippen molar-refractivity contribution < 1.29 is 5.11 Å². The lowest BCUT2D eigenvalue weighted by Gasteiger charge is -2.06. The lowest BCUT2D eigenvalue weighted by atomic mass is 10.00. The van der Waals surface area contributed by atoms with E-state index in [2.05, 4.69) is 60.7 Å². The molecule has 0 radical (unpaired) electrons. The van der Waals surface area contributed by atoms with E-state index in [1.165, 1.54) is 22.3 Å². The molecule has 0 atom stereocenters. The van der Waals surface area contributed by atoms with Crippen molar-refractivity contribution >= 4 is 0 Å². The van der Waals surface area contributed by atoms with Crippen LogP contribution < -0.4 is 0 Å². The summed E-state index contributed by atoms with van der Waals surface area (Å²) in [6.07, 6.45) is 0.917. The van der Waals surface area contributed by atoms with Crippen LogP contribution in [0.25, 0.3) is 11.1 Å². The molecule has 21 heavy (non-hydrogen) atoms.